The molecule has 0 aliphatic carbocycles. The van der Waals surface area contributed by atoms with Crippen LogP contribution in [0, 0.1) is 12.7 Å². The smallest absolute Gasteiger partial charge is 0.255 e. The van der Waals surface area contributed by atoms with Gasteiger partial charge >= 0.3 is 0 Å². The number of aryl methyl sites for hydroxylation is 1. The van der Waals surface area contributed by atoms with Crippen LogP contribution in [0.25, 0.3) is 0 Å². The number of benzene rings is 3. The summed E-state index contributed by atoms with van der Waals surface area (Å²) in [6, 6.07) is 20.6. The summed E-state index contributed by atoms with van der Waals surface area (Å²) in [5.74, 6) is -0.186. The Hall–Kier alpha value is -3.67. The number of ether oxygens (including phenoxy) is 1. The molecule has 0 atom stereocenters. The third-order valence-corrected chi connectivity index (χ3v) is 4.60. The second-order valence-corrected chi connectivity index (χ2v) is 7.21. The van der Waals surface area contributed by atoms with E-state index in [2.05, 4.69) is 10.6 Å². The van der Waals surface area contributed by atoms with Crippen molar-refractivity contribution in [2.24, 2.45) is 0 Å². The summed E-state index contributed by atoms with van der Waals surface area (Å²) in [6.45, 7) is 2.66. The zero-order valence-electron chi connectivity index (χ0n) is 17.4. The first kappa shape index (κ1) is 22.0. The standard InChI is InChI=1S/C25H25FN2O3/c1-18-10-12-20(13-11-18)25(30)28-22-7-2-5-19(15-22)17-27-24(29)9-4-14-31-23-8-3-6-21(26)16-23/h2-3,5-8,10-13,15-16H,4,9,14,17H2,1H3,(H,27,29)(H,28,30). The molecule has 31 heavy (non-hydrogen) atoms. The molecule has 3 aromatic carbocycles. The molecule has 0 heterocycles. The van der Waals surface area contributed by atoms with E-state index in [4.69, 9.17) is 4.74 Å². The molecule has 0 unspecified atom stereocenters. The Bertz CT molecular complexity index is 1030. The Morgan fingerprint density at radius 2 is 1.74 bits per heavy atom. The van der Waals surface area contributed by atoms with E-state index >= 15 is 0 Å². The predicted molar refractivity (Wildman–Crippen MR) is 119 cm³/mol. The summed E-state index contributed by atoms with van der Waals surface area (Å²) in [6.07, 6.45) is 0.828. The van der Waals surface area contributed by atoms with Crippen molar-refractivity contribution in [3.05, 3.63) is 95.3 Å². The lowest BCUT2D eigenvalue weighted by molar-refractivity contribution is -0.121. The zero-order chi connectivity index (χ0) is 22.1. The highest BCUT2D eigenvalue weighted by Crippen LogP contribution is 2.14. The van der Waals surface area contributed by atoms with Gasteiger partial charge in [0, 0.05) is 30.3 Å². The number of nitrogens with one attached hydrogen (secondary N) is 2. The van der Waals surface area contributed by atoms with Crippen LogP contribution < -0.4 is 15.4 Å². The van der Waals surface area contributed by atoms with Crippen LogP contribution in [0.4, 0.5) is 10.1 Å². The molecular formula is C25H25FN2O3. The van der Waals surface area contributed by atoms with Gasteiger partial charge in [0.25, 0.3) is 5.91 Å². The lowest BCUT2D eigenvalue weighted by Gasteiger charge is -2.09. The Labute approximate surface area is 181 Å². The largest absolute Gasteiger partial charge is 0.493 e. The highest BCUT2D eigenvalue weighted by atomic mass is 19.1. The number of carbonyl (C=O) groups excluding carboxylic acids is 2. The van der Waals surface area contributed by atoms with Crippen molar-refractivity contribution in [2.75, 3.05) is 11.9 Å². The predicted octanol–water partition coefficient (Wildman–Crippen LogP) is 4.86. The Morgan fingerprint density at radius 1 is 0.968 bits per heavy atom. The van der Waals surface area contributed by atoms with Crippen LogP contribution >= 0.6 is 0 Å². The van der Waals surface area contributed by atoms with Gasteiger partial charge in [-0.3, -0.25) is 9.59 Å². The molecule has 0 aliphatic heterocycles. The fourth-order valence-corrected chi connectivity index (χ4v) is 2.94. The van der Waals surface area contributed by atoms with Crippen LogP contribution in [0.5, 0.6) is 5.75 Å². The van der Waals surface area contributed by atoms with Crippen LogP contribution in [0.1, 0.15) is 34.3 Å². The number of halogens is 1. The summed E-state index contributed by atoms with van der Waals surface area (Å²) < 4.78 is 18.5. The fraction of sp³-hybridized carbons (Fsp3) is 0.200. The molecule has 0 saturated heterocycles. The molecule has 0 fully saturated rings. The summed E-state index contributed by atoms with van der Waals surface area (Å²) in [5, 5.41) is 5.73. The SMILES string of the molecule is Cc1ccc(C(=O)Nc2cccc(CNC(=O)CCCOc3cccc(F)c3)c2)cc1. The fourth-order valence-electron chi connectivity index (χ4n) is 2.94. The third-order valence-electron chi connectivity index (χ3n) is 4.60. The van der Waals surface area contributed by atoms with Crippen LogP contribution in [-0.4, -0.2) is 18.4 Å². The lowest BCUT2D eigenvalue weighted by Crippen LogP contribution is -2.23. The van der Waals surface area contributed by atoms with Crippen molar-refractivity contribution >= 4 is 17.5 Å². The maximum atomic E-state index is 13.1. The van der Waals surface area contributed by atoms with Gasteiger partial charge in [0.2, 0.25) is 5.91 Å². The van der Waals surface area contributed by atoms with Crippen LogP contribution in [-0.2, 0) is 11.3 Å². The monoisotopic (exact) mass is 420 g/mol. The normalized spacial score (nSPS) is 10.4. The number of amides is 2. The van der Waals surface area contributed by atoms with Gasteiger partial charge in [0.05, 0.1) is 6.61 Å². The number of anilines is 1. The van der Waals surface area contributed by atoms with E-state index in [0.717, 1.165) is 11.1 Å². The minimum atomic E-state index is -0.354. The molecule has 0 aromatic heterocycles. The molecule has 0 spiro atoms. The zero-order valence-corrected chi connectivity index (χ0v) is 17.4. The van der Waals surface area contributed by atoms with Crippen LogP contribution in [0.2, 0.25) is 0 Å². The molecule has 160 valence electrons. The van der Waals surface area contributed by atoms with Gasteiger partial charge in [-0.2, -0.15) is 0 Å². The van der Waals surface area contributed by atoms with Gasteiger partial charge in [-0.25, -0.2) is 4.39 Å². The van der Waals surface area contributed by atoms with Crippen LogP contribution in [0.3, 0.4) is 0 Å². The molecule has 0 bridgehead atoms. The molecular weight excluding hydrogens is 395 g/mol. The second kappa shape index (κ2) is 10.9. The highest BCUT2D eigenvalue weighted by molar-refractivity contribution is 6.04. The van der Waals surface area contributed by atoms with Crippen LogP contribution in [0.15, 0.2) is 72.8 Å². The number of hydrogen-bond donors (Lipinski definition) is 2. The van der Waals surface area contributed by atoms with Crippen molar-refractivity contribution < 1.29 is 18.7 Å². The topological polar surface area (TPSA) is 67.4 Å². The summed E-state index contributed by atoms with van der Waals surface area (Å²) in [4.78, 5) is 24.4. The van der Waals surface area contributed by atoms with E-state index in [0.29, 0.717) is 43.0 Å². The maximum Gasteiger partial charge on any atom is 0.255 e. The Kier molecular flexibility index (Phi) is 7.76. The van der Waals surface area contributed by atoms with Crippen molar-refractivity contribution in [3.8, 4) is 5.75 Å². The van der Waals surface area contributed by atoms with E-state index in [9.17, 15) is 14.0 Å². The van der Waals surface area contributed by atoms with Gasteiger partial charge in [0.15, 0.2) is 0 Å². The van der Waals surface area contributed by atoms with E-state index in [1.807, 2.05) is 37.3 Å². The number of rotatable bonds is 9. The minimum Gasteiger partial charge on any atom is -0.493 e. The molecule has 6 heteroatoms. The molecule has 2 N–H and O–H groups in total. The van der Waals surface area contributed by atoms with Crippen molar-refractivity contribution in [2.45, 2.75) is 26.3 Å². The third kappa shape index (κ3) is 7.26. The molecule has 0 radical (unpaired) electrons. The summed E-state index contributed by atoms with van der Waals surface area (Å²) in [5.41, 5.74) is 3.23. The minimum absolute atomic E-state index is 0.100. The van der Waals surface area contributed by atoms with Crippen molar-refractivity contribution in [1.82, 2.24) is 5.32 Å². The van der Waals surface area contributed by atoms with E-state index in [1.165, 1.54) is 12.1 Å². The van der Waals surface area contributed by atoms with Crippen molar-refractivity contribution in [3.63, 3.8) is 0 Å². The van der Waals surface area contributed by atoms with Crippen molar-refractivity contribution in [1.29, 1.82) is 0 Å². The van der Waals surface area contributed by atoms with Gasteiger partial charge < -0.3 is 15.4 Å². The van der Waals surface area contributed by atoms with E-state index in [-0.39, 0.29) is 17.6 Å². The van der Waals surface area contributed by atoms with E-state index in [1.54, 1.807) is 30.3 Å². The molecule has 0 aliphatic rings. The average molecular weight is 420 g/mol. The van der Waals surface area contributed by atoms with E-state index < -0.39 is 0 Å². The van der Waals surface area contributed by atoms with Gasteiger partial charge in [-0.15, -0.1) is 0 Å². The molecule has 5 nitrogen and oxygen atoms in total. The van der Waals surface area contributed by atoms with Gasteiger partial charge in [-0.1, -0.05) is 35.9 Å². The number of carbonyl (C=O) groups is 2. The highest BCUT2D eigenvalue weighted by Gasteiger charge is 2.07. The molecule has 3 aromatic rings. The van der Waals surface area contributed by atoms with Gasteiger partial charge in [-0.05, 0) is 55.3 Å². The number of hydrogen-bond acceptors (Lipinski definition) is 3. The summed E-state index contributed by atoms with van der Waals surface area (Å²) in [7, 11) is 0. The Balaban J connectivity index is 1.41. The molecule has 0 saturated carbocycles. The maximum absolute atomic E-state index is 13.1. The second-order valence-electron chi connectivity index (χ2n) is 7.21. The first-order valence-electron chi connectivity index (χ1n) is 10.1. The quantitative estimate of drug-likeness (QED) is 0.486. The van der Waals surface area contributed by atoms with Gasteiger partial charge in [0.1, 0.15) is 11.6 Å². The molecule has 2 amide bonds. The summed E-state index contributed by atoms with van der Waals surface area (Å²) >= 11 is 0. The first-order valence-corrected chi connectivity index (χ1v) is 10.1. The Morgan fingerprint density at radius 3 is 2.52 bits per heavy atom. The average Bonchev–Trinajstić information content (AvgIpc) is 2.76. The first-order chi connectivity index (χ1) is 15.0. The molecule has 3 rings (SSSR count). The lowest BCUT2D eigenvalue weighted by atomic mass is 10.1.